The molecular weight excluding hydrogens is 266 g/mol. The molecule has 0 bridgehead atoms. The van der Waals surface area contributed by atoms with Crippen LogP contribution in [0.1, 0.15) is 44.2 Å². The Balaban J connectivity index is 1.63. The summed E-state index contributed by atoms with van der Waals surface area (Å²) < 4.78 is 5.34. The van der Waals surface area contributed by atoms with Crippen LogP contribution in [-0.2, 0) is 6.42 Å². The van der Waals surface area contributed by atoms with Gasteiger partial charge in [0.2, 0.25) is 0 Å². The van der Waals surface area contributed by atoms with Gasteiger partial charge < -0.3 is 14.7 Å². The van der Waals surface area contributed by atoms with E-state index < -0.39 is 0 Å². The molecule has 1 saturated carbocycles. The van der Waals surface area contributed by atoms with Crippen LogP contribution in [0.25, 0.3) is 11.3 Å². The number of rotatable bonds is 4. The normalized spacial score (nSPS) is 16.2. The van der Waals surface area contributed by atoms with E-state index in [0.717, 1.165) is 23.6 Å². The van der Waals surface area contributed by atoms with E-state index in [1.807, 2.05) is 6.07 Å². The first kappa shape index (κ1) is 14.0. The van der Waals surface area contributed by atoms with Crippen molar-refractivity contribution in [3.05, 3.63) is 30.0 Å². The van der Waals surface area contributed by atoms with E-state index in [0.29, 0.717) is 5.76 Å². The van der Waals surface area contributed by atoms with E-state index in [4.69, 9.17) is 4.52 Å². The van der Waals surface area contributed by atoms with Crippen LogP contribution in [0.2, 0.25) is 0 Å². The number of phenols is 2. The second-order valence-electron chi connectivity index (χ2n) is 5.93. The Kier molecular flexibility index (Phi) is 4.13. The first-order chi connectivity index (χ1) is 10.2. The van der Waals surface area contributed by atoms with Gasteiger partial charge in [-0.15, -0.1) is 0 Å². The molecule has 0 amide bonds. The minimum atomic E-state index is -0.146. The first-order valence-electron chi connectivity index (χ1n) is 7.70. The molecule has 4 heteroatoms. The highest BCUT2D eigenvalue weighted by Crippen LogP contribution is 2.31. The minimum absolute atomic E-state index is 0.129. The third kappa shape index (κ3) is 3.38. The lowest BCUT2D eigenvalue weighted by Crippen LogP contribution is -2.07. The van der Waals surface area contributed by atoms with Gasteiger partial charge in [-0.25, -0.2) is 0 Å². The Bertz CT molecular complexity index is 600. The van der Waals surface area contributed by atoms with Gasteiger partial charge in [-0.1, -0.05) is 37.3 Å². The third-order valence-corrected chi connectivity index (χ3v) is 4.35. The maximum Gasteiger partial charge on any atom is 0.167 e. The minimum Gasteiger partial charge on any atom is -0.504 e. The molecular formula is C17H21NO3. The van der Waals surface area contributed by atoms with Crippen LogP contribution in [0.3, 0.4) is 0 Å². The van der Waals surface area contributed by atoms with E-state index in [1.165, 1.54) is 50.7 Å². The topological polar surface area (TPSA) is 66.5 Å². The highest BCUT2D eigenvalue weighted by molar-refractivity contribution is 5.62. The fraction of sp³-hybridized carbons (Fsp3) is 0.471. The molecule has 0 radical (unpaired) electrons. The molecule has 0 spiro atoms. The molecule has 1 heterocycles. The molecule has 112 valence electrons. The van der Waals surface area contributed by atoms with Crippen molar-refractivity contribution in [1.82, 2.24) is 5.16 Å². The van der Waals surface area contributed by atoms with Gasteiger partial charge in [0.25, 0.3) is 0 Å². The van der Waals surface area contributed by atoms with Crippen LogP contribution in [0.4, 0.5) is 0 Å². The summed E-state index contributed by atoms with van der Waals surface area (Å²) in [6.45, 7) is 0. The summed E-state index contributed by atoms with van der Waals surface area (Å²) in [6.07, 6.45) is 8.91. The second kappa shape index (κ2) is 6.20. The van der Waals surface area contributed by atoms with E-state index in [-0.39, 0.29) is 11.5 Å². The summed E-state index contributed by atoms with van der Waals surface area (Å²) in [6, 6.07) is 6.57. The lowest BCUT2D eigenvalue weighted by atomic mass is 9.86. The maximum atomic E-state index is 9.53. The molecule has 21 heavy (non-hydrogen) atoms. The fourth-order valence-electron chi connectivity index (χ4n) is 3.07. The monoisotopic (exact) mass is 287 g/mol. The number of hydrogen-bond acceptors (Lipinski definition) is 4. The highest BCUT2D eigenvalue weighted by Gasteiger charge is 2.15. The number of nitrogens with zero attached hydrogens (tertiary/aromatic N) is 1. The molecule has 1 fully saturated rings. The highest BCUT2D eigenvalue weighted by atomic mass is 16.5. The van der Waals surface area contributed by atoms with Crippen molar-refractivity contribution < 1.29 is 14.7 Å². The van der Waals surface area contributed by atoms with E-state index in [2.05, 4.69) is 5.16 Å². The average Bonchev–Trinajstić information content (AvgIpc) is 2.98. The maximum absolute atomic E-state index is 9.53. The summed E-state index contributed by atoms with van der Waals surface area (Å²) in [5, 5.41) is 23.0. The molecule has 3 rings (SSSR count). The van der Waals surface area contributed by atoms with Crippen LogP contribution in [0, 0.1) is 5.92 Å². The molecule has 1 aliphatic carbocycles. The fourth-order valence-corrected chi connectivity index (χ4v) is 3.07. The van der Waals surface area contributed by atoms with Gasteiger partial charge in [0, 0.05) is 11.6 Å². The molecule has 2 N–H and O–H groups in total. The van der Waals surface area contributed by atoms with Gasteiger partial charge in [0.15, 0.2) is 17.3 Å². The van der Waals surface area contributed by atoms with Gasteiger partial charge in [0.1, 0.15) is 0 Å². The number of aryl methyl sites for hydroxylation is 1. The SMILES string of the molecule is Oc1ccc(-c2cc(CCC3CCCCC3)no2)cc1O. The van der Waals surface area contributed by atoms with E-state index >= 15 is 0 Å². The number of benzene rings is 1. The van der Waals surface area contributed by atoms with Crippen LogP contribution >= 0.6 is 0 Å². The Labute approximate surface area is 124 Å². The van der Waals surface area contributed by atoms with Gasteiger partial charge >= 0.3 is 0 Å². The van der Waals surface area contributed by atoms with Crippen molar-refractivity contribution in [3.8, 4) is 22.8 Å². The van der Waals surface area contributed by atoms with Crippen molar-refractivity contribution in [3.63, 3.8) is 0 Å². The summed E-state index contributed by atoms with van der Waals surface area (Å²) in [7, 11) is 0. The van der Waals surface area contributed by atoms with Crippen molar-refractivity contribution in [2.45, 2.75) is 44.9 Å². The lowest BCUT2D eigenvalue weighted by Gasteiger charge is -2.20. The van der Waals surface area contributed by atoms with Crippen molar-refractivity contribution in [1.29, 1.82) is 0 Å². The van der Waals surface area contributed by atoms with Crippen LogP contribution in [-0.4, -0.2) is 15.4 Å². The first-order valence-corrected chi connectivity index (χ1v) is 7.70. The molecule has 4 nitrogen and oxygen atoms in total. The predicted octanol–water partition coefficient (Wildman–Crippen LogP) is 4.27. The zero-order valence-electron chi connectivity index (χ0n) is 12.1. The molecule has 0 atom stereocenters. The molecule has 2 aromatic rings. The Morgan fingerprint density at radius 1 is 1.05 bits per heavy atom. The molecule has 1 aromatic carbocycles. The van der Waals surface area contributed by atoms with Gasteiger partial charge in [-0.3, -0.25) is 0 Å². The summed E-state index contributed by atoms with van der Waals surface area (Å²) in [5.41, 5.74) is 1.69. The van der Waals surface area contributed by atoms with Crippen LogP contribution in [0.5, 0.6) is 11.5 Å². The number of phenolic OH excluding ortho intramolecular Hbond substituents is 2. The van der Waals surface area contributed by atoms with Gasteiger partial charge in [0.05, 0.1) is 5.69 Å². The summed E-state index contributed by atoms with van der Waals surface area (Å²) in [4.78, 5) is 0. The molecule has 1 aromatic heterocycles. The van der Waals surface area contributed by atoms with Crippen LogP contribution < -0.4 is 0 Å². The zero-order chi connectivity index (χ0) is 14.7. The molecule has 0 saturated heterocycles. The average molecular weight is 287 g/mol. The zero-order valence-corrected chi connectivity index (χ0v) is 12.1. The lowest BCUT2D eigenvalue weighted by molar-refractivity contribution is 0.335. The molecule has 0 unspecified atom stereocenters. The van der Waals surface area contributed by atoms with E-state index in [9.17, 15) is 10.2 Å². The third-order valence-electron chi connectivity index (χ3n) is 4.35. The predicted molar refractivity (Wildman–Crippen MR) is 80.2 cm³/mol. The standard InChI is InChI=1S/C17H21NO3/c19-15-9-7-13(10-16(15)20)17-11-14(18-21-17)8-6-12-4-2-1-3-5-12/h7,9-12,19-20H,1-6,8H2. The number of aromatic hydroxyl groups is 2. The second-order valence-corrected chi connectivity index (χ2v) is 5.93. The Morgan fingerprint density at radius 3 is 2.62 bits per heavy atom. The smallest absolute Gasteiger partial charge is 0.167 e. The van der Waals surface area contributed by atoms with Gasteiger partial charge in [-0.2, -0.15) is 0 Å². The van der Waals surface area contributed by atoms with Crippen molar-refractivity contribution in [2.75, 3.05) is 0 Å². The quantitative estimate of drug-likeness (QED) is 0.824. The largest absolute Gasteiger partial charge is 0.504 e. The molecule has 1 aliphatic rings. The van der Waals surface area contributed by atoms with Crippen molar-refractivity contribution in [2.24, 2.45) is 5.92 Å². The number of hydrogen-bond donors (Lipinski definition) is 2. The summed E-state index contributed by atoms with van der Waals surface area (Å²) in [5.74, 6) is 1.18. The van der Waals surface area contributed by atoms with Crippen LogP contribution in [0.15, 0.2) is 28.8 Å². The van der Waals surface area contributed by atoms with Gasteiger partial charge in [-0.05, 0) is 37.0 Å². The number of aromatic nitrogens is 1. The Morgan fingerprint density at radius 2 is 1.86 bits per heavy atom. The molecule has 0 aliphatic heterocycles. The summed E-state index contributed by atoms with van der Waals surface area (Å²) >= 11 is 0. The van der Waals surface area contributed by atoms with E-state index in [1.54, 1.807) is 6.07 Å². The Hall–Kier alpha value is -1.97. The van der Waals surface area contributed by atoms with Crippen molar-refractivity contribution >= 4 is 0 Å².